The van der Waals surface area contributed by atoms with E-state index in [0.29, 0.717) is 12.0 Å². The predicted octanol–water partition coefficient (Wildman–Crippen LogP) is 2.44. The van der Waals surface area contributed by atoms with Gasteiger partial charge in [-0.3, -0.25) is 0 Å². The average Bonchev–Trinajstić information content (AvgIpc) is 2.03. The zero-order valence-corrected chi connectivity index (χ0v) is 10.5. The molecule has 1 aliphatic heterocycles. The van der Waals surface area contributed by atoms with E-state index in [-0.39, 0.29) is 11.0 Å². The largest absolute Gasteiger partial charge is 0.372 e. The minimum Gasteiger partial charge on any atom is -0.372 e. The van der Waals surface area contributed by atoms with E-state index in [1.54, 1.807) is 0 Å². The van der Waals surface area contributed by atoms with Crippen molar-refractivity contribution in [2.24, 2.45) is 11.3 Å². The van der Waals surface area contributed by atoms with Crippen LogP contribution in [0.3, 0.4) is 0 Å². The molecule has 1 saturated heterocycles. The van der Waals surface area contributed by atoms with E-state index < -0.39 is 0 Å². The minimum absolute atomic E-state index is 0.0156. The summed E-state index contributed by atoms with van der Waals surface area (Å²) in [6.45, 7) is 15.2. The standard InChI is InChI=1S/C12H25NO/c1-9(2)12(6)8-13-10(7-14-12)11(3,4)5/h9-10,13H,7-8H2,1-6H3. The highest BCUT2D eigenvalue weighted by Gasteiger charge is 2.37. The molecule has 2 nitrogen and oxygen atoms in total. The Morgan fingerprint density at radius 1 is 1.36 bits per heavy atom. The molecule has 2 unspecified atom stereocenters. The van der Waals surface area contributed by atoms with Gasteiger partial charge in [-0.15, -0.1) is 0 Å². The number of ether oxygens (including phenoxy) is 1. The van der Waals surface area contributed by atoms with E-state index in [0.717, 1.165) is 13.2 Å². The molecule has 1 N–H and O–H groups in total. The van der Waals surface area contributed by atoms with Crippen LogP contribution in [-0.4, -0.2) is 24.8 Å². The second-order valence-electron chi connectivity index (χ2n) is 6.08. The molecule has 1 aliphatic rings. The maximum absolute atomic E-state index is 6.00. The first-order valence-electron chi connectivity index (χ1n) is 5.63. The van der Waals surface area contributed by atoms with Crippen LogP contribution in [0, 0.1) is 11.3 Å². The topological polar surface area (TPSA) is 21.3 Å². The second kappa shape index (κ2) is 3.82. The number of rotatable bonds is 1. The highest BCUT2D eigenvalue weighted by molar-refractivity contribution is 4.92. The zero-order valence-electron chi connectivity index (χ0n) is 10.5. The fourth-order valence-corrected chi connectivity index (χ4v) is 1.64. The lowest BCUT2D eigenvalue weighted by atomic mass is 9.83. The first kappa shape index (κ1) is 12.0. The molecule has 1 heterocycles. The van der Waals surface area contributed by atoms with Crippen molar-refractivity contribution in [2.45, 2.75) is 53.2 Å². The molecule has 1 rings (SSSR count). The number of nitrogens with one attached hydrogen (secondary N) is 1. The van der Waals surface area contributed by atoms with Crippen molar-refractivity contribution in [3.8, 4) is 0 Å². The molecule has 0 radical (unpaired) electrons. The molecule has 0 aliphatic carbocycles. The third-order valence-electron chi connectivity index (χ3n) is 3.55. The summed E-state index contributed by atoms with van der Waals surface area (Å²) >= 11 is 0. The summed E-state index contributed by atoms with van der Waals surface area (Å²) in [7, 11) is 0. The summed E-state index contributed by atoms with van der Waals surface area (Å²) < 4.78 is 6.00. The monoisotopic (exact) mass is 199 g/mol. The first-order chi connectivity index (χ1) is 6.26. The van der Waals surface area contributed by atoms with Gasteiger partial charge in [0.15, 0.2) is 0 Å². The Labute approximate surface area is 88.4 Å². The van der Waals surface area contributed by atoms with Crippen molar-refractivity contribution in [3.05, 3.63) is 0 Å². The van der Waals surface area contributed by atoms with Gasteiger partial charge in [-0.25, -0.2) is 0 Å². The van der Waals surface area contributed by atoms with Crippen LogP contribution in [0.5, 0.6) is 0 Å². The van der Waals surface area contributed by atoms with Crippen molar-refractivity contribution in [3.63, 3.8) is 0 Å². The molecule has 0 spiro atoms. The van der Waals surface area contributed by atoms with Crippen LogP contribution >= 0.6 is 0 Å². The Bertz CT molecular complexity index is 185. The molecule has 2 heteroatoms. The van der Waals surface area contributed by atoms with Gasteiger partial charge in [0.1, 0.15) is 0 Å². The van der Waals surface area contributed by atoms with Gasteiger partial charge in [0.25, 0.3) is 0 Å². The lowest BCUT2D eigenvalue weighted by Gasteiger charge is -2.45. The summed E-state index contributed by atoms with van der Waals surface area (Å²) in [6, 6.07) is 0.481. The molecule has 0 amide bonds. The van der Waals surface area contributed by atoms with Crippen LogP contribution < -0.4 is 5.32 Å². The number of morpholine rings is 1. The van der Waals surface area contributed by atoms with Crippen LogP contribution in [0.25, 0.3) is 0 Å². The van der Waals surface area contributed by atoms with Gasteiger partial charge in [-0.2, -0.15) is 0 Å². The van der Waals surface area contributed by atoms with Crippen molar-refractivity contribution in [2.75, 3.05) is 13.2 Å². The van der Waals surface area contributed by atoms with Crippen LogP contribution in [0.15, 0.2) is 0 Å². The minimum atomic E-state index is 0.0156. The second-order valence-corrected chi connectivity index (χ2v) is 6.08. The third-order valence-corrected chi connectivity index (χ3v) is 3.55. The summed E-state index contributed by atoms with van der Waals surface area (Å²) in [5.41, 5.74) is 0.306. The summed E-state index contributed by atoms with van der Waals surface area (Å²) in [5.74, 6) is 0.566. The highest BCUT2D eigenvalue weighted by atomic mass is 16.5. The molecule has 14 heavy (non-hydrogen) atoms. The van der Waals surface area contributed by atoms with Gasteiger partial charge < -0.3 is 10.1 Å². The Morgan fingerprint density at radius 3 is 2.21 bits per heavy atom. The van der Waals surface area contributed by atoms with E-state index >= 15 is 0 Å². The van der Waals surface area contributed by atoms with Gasteiger partial charge in [0.2, 0.25) is 0 Å². The van der Waals surface area contributed by atoms with Crippen LogP contribution in [-0.2, 0) is 4.74 Å². The maximum atomic E-state index is 6.00. The van der Waals surface area contributed by atoms with Crippen LogP contribution in [0.1, 0.15) is 41.5 Å². The van der Waals surface area contributed by atoms with E-state index in [2.05, 4.69) is 46.9 Å². The molecule has 1 fully saturated rings. The maximum Gasteiger partial charge on any atom is 0.0801 e. The number of hydrogen-bond acceptors (Lipinski definition) is 2. The van der Waals surface area contributed by atoms with E-state index in [1.807, 2.05) is 0 Å². The summed E-state index contributed by atoms with van der Waals surface area (Å²) in [5, 5.41) is 3.61. The molecular formula is C12H25NO. The molecule has 2 atom stereocenters. The van der Waals surface area contributed by atoms with Crippen molar-refractivity contribution in [1.82, 2.24) is 5.32 Å². The van der Waals surface area contributed by atoms with Gasteiger partial charge in [0, 0.05) is 12.6 Å². The van der Waals surface area contributed by atoms with E-state index in [1.165, 1.54) is 0 Å². The molecular weight excluding hydrogens is 174 g/mol. The normalized spacial score (nSPS) is 34.9. The smallest absolute Gasteiger partial charge is 0.0801 e. The predicted molar refractivity (Wildman–Crippen MR) is 60.4 cm³/mol. The highest BCUT2D eigenvalue weighted by Crippen LogP contribution is 2.29. The SMILES string of the molecule is CC(C)C1(C)CNC(C(C)(C)C)CO1. The van der Waals surface area contributed by atoms with Gasteiger partial charge in [-0.05, 0) is 18.3 Å². The van der Waals surface area contributed by atoms with Gasteiger partial charge in [-0.1, -0.05) is 34.6 Å². The fraction of sp³-hybridized carbons (Fsp3) is 1.00. The van der Waals surface area contributed by atoms with Crippen molar-refractivity contribution in [1.29, 1.82) is 0 Å². The summed E-state index contributed by atoms with van der Waals surface area (Å²) in [4.78, 5) is 0. The third kappa shape index (κ3) is 2.48. The average molecular weight is 199 g/mol. The quantitative estimate of drug-likeness (QED) is 0.700. The Kier molecular flexibility index (Phi) is 3.27. The van der Waals surface area contributed by atoms with Gasteiger partial charge in [0.05, 0.1) is 12.2 Å². The molecule has 0 bridgehead atoms. The van der Waals surface area contributed by atoms with Crippen molar-refractivity contribution < 1.29 is 4.74 Å². The lowest BCUT2D eigenvalue weighted by Crippen LogP contribution is -2.59. The Hall–Kier alpha value is -0.0800. The summed E-state index contributed by atoms with van der Waals surface area (Å²) in [6.07, 6.45) is 0. The number of hydrogen-bond donors (Lipinski definition) is 1. The molecule has 0 aromatic carbocycles. The zero-order chi connectivity index (χ0) is 11.0. The Morgan fingerprint density at radius 2 is 1.93 bits per heavy atom. The lowest BCUT2D eigenvalue weighted by molar-refractivity contribution is -0.112. The van der Waals surface area contributed by atoms with E-state index in [4.69, 9.17) is 4.74 Å². The first-order valence-corrected chi connectivity index (χ1v) is 5.63. The molecule has 84 valence electrons. The van der Waals surface area contributed by atoms with Crippen LogP contribution in [0.2, 0.25) is 0 Å². The molecule has 0 saturated carbocycles. The van der Waals surface area contributed by atoms with Crippen LogP contribution in [0.4, 0.5) is 0 Å². The molecule has 0 aromatic rings. The van der Waals surface area contributed by atoms with Crippen molar-refractivity contribution >= 4 is 0 Å². The molecule has 0 aromatic heterocycles. The van der Waals surface area contributed by atoms with E-state index in [9.17, 15) is 0 Å². The fourth-order valence-electron chi connectivity index (χ4n) is 1.64. The van der Waals surface area contributed by atoms with Gasteiger partial charge >= 0.3 is 0 Å². The Balaban J connectivity index is 2.54.